The van der Waals surface area contributed by atoms with Crippen molar-refractivity contribution in [2.45, 2.75) is 17.9 Å². The highest BCUT2D eigenvalue weighted by atomic mass is 79.9. The molecule has 0 aliphatic rings. The van der Waals surface area contributed by atoms with Gasteiger partial charge in [0, 0.05) is 24.8 Å². The highest BCUT2D eigenvalue weighted by molar-refractivity contribution is 9.10. The van der Waals surface area contributed by atoms with Gasteiger partial charge >= 0.3 is 0 Å². The zero-order valence-corrected chi connectivity index (χ0v) is 13.1. The summed E-state index contributed by atoms with van der Waals surface area (Å²) in [6.45, 7) is 1.46. The maximum absolute atomic E-state index is 12.2. The molecule has 1 rings (SSSR count). The summed E-state index contributed by atoms with van der Waals surface area (Å²) in [5.41, 5.74) is 0. The highest BCUT2D eigenvalue weighted by Crippen LogP contribution is 2.22. The summed E-state index contributed by atoms with van der Waals surface area (Å²) in [5.74, 6) is -0.211. The monoisotopic (exact) mass is 350 g/mol. The molecule has 1 amide bonds. The number of carbonyl (C=O) groups excluding carboxylic acids is 1. The van der Waals surface area contributed by atoms with Crippen molar-refractivity contribution < 1.29 is 13.2 Å². The van der Waals surface area contributed by atoms with Crippen LogP contribution in [0.2, 0.25) is 0 Å². The molecule has 0 saturated carbocycles. The lowest BCUT2D eigenvalue weighted by Gasteiger charge is -2.14. The largest absolute Gasteiger partial charge is 0.372 e. The van der Waals surface area contributed by atoms with Crippen molar-refractivity contribution in [2.24, 2.45) is 0 Å². The third-order valence-corrected chi connectivity index (χ3v) is 4.31. The van der Waals surface area contributed by atoms with Gasteiger partial charge in [-0.25, -0.2) is 13.4 Å². The van der Waals surface area contributed by atoms with Gasteiger partial charge in [0.25, 0.3) is 0 Å². The molecule has 1 atom stereocenters. The summed E-state index contributed by atoms with van der Waals surface area (Å²) in [5, 5.41) is 5.07. The SMILES string of the molecule is CNC(=O)C(C)NS(=O)(=O)c1cc(Br)cnc1NC. The minimum absolute atomic E-state index is 0.0277. The van der Waals surface area contributed by atoms with Crippen molar-refractivity contribution in [3.05, 3.63) is 16.7 Å². The number of sulfonamides is 1. The molecular formula is C10H15BrN4O3S. The summed E-state index contributed by atoms with van der Waals surface area (Å²) >= 11 is 3.17. The minimum Gasteiger partial charge on any atom is -0.372 e. The van der Waals surface area contributed by atoms with Crippen LogP contribution in [-0.2, 0) is 14.8 Å². The van der Waals surface area contributed by atoms with Crippen LogP contribution in [0.25, 0.3) is 0 Å². The second-order valence-electron chi connectivity index (χ2n) is 3.71. The van der Waals surface area contributed by atoms with Crippen molar-refractivity contribution in [3.63, 3.8) is 0 Å². The van der Waals surface area contributed by atoms with E-state index < -0.39 is 22.0 Å². The molecule has 0 radical (unpaired) electrons. The third kappa shape index (κ3) is 3.88. The van der Waals surface area contributed by atoms with E-state index in [0.717, 1.165) is 0 Å². The molecule has 0 aliphatic carbocycles. The van der Waals surface area contributed by atoms with Gasteiger partial charge in [0.15, 0.2) is 0 Å². The molecule has 1 heterocycles. The minimum atomic E-state index is -3.85. The first-order chi connectivity index (χ1) is 8.81. The van der Waals surface area contributed by atoms with E-state index >= 15 is 0 Å². The lowest BCUT2D eigenvalue weighted by molar-refractivity contribution is -0.121. The van der Waals surface area contributed by atoms with Gasteiger partial charge in [-0.1, -0.05) is 0 Å². The van der Waals surface area contributed by atoms with Crippen molar-refractivity contribution >= 4 is 37.7 Å². The van der Waals surface area contributed by atoms with Gasteiger partial charge in [0.05, 0.1) is 6.04 Å². The van der Waals surface area contributed by atoms with Crippen LogP contribution in [0.15, 0.2) is 21.6 Å². The van der Waals surface area contributed by atoms with Crippen molar-refractivity contribution in [2.75, 3.05) is 19.4 Å². The standard InChI is InChI=1S/C10H15BrN4O3S/c1-6(10(16)13-3)15-19(17,18)8-4-7(11)5-14-9(8)12-2/h4-6,15H,1-3H3,(H,12,14)(H,13,16). The third-order valence-electron chi connectivity index (χ3n) is 2.32. The fourth-order valence-corrected chi connectivity index (χ4v) is 3.25. The molecule has 19 heavy (non-hydrogen) atoms. The fraction of sp³-hybridized carbons (Fsp3) is 0.400. The van der Waals surface area contributed by atoms with E-state index in [1.54, 1.807) is 7.05 Å². The van der Waals surface area contributed by atoms with Crippen LogP contribution in [0.3, 0.4) is 0 Å². The molecule has 9 heteroatoms. The lowest BCUT2D eigenvalue weighted by Crippen LogP contribution is -2.43. The van der Waals surface area contributed by atoms with Crippen LogP contribution in [0.1, 0.15) is 6.92 Å². The van der Waals surface area contributed by atoms with E-state index in [4.69, 9.17) is 0 Å². The molecule has 0 saturated heterocycles. The van der Waals surface area contributed by atoms with Crippen LogP contribution in [0.4, 0.5) is 5.82 Å². The number of amides is 1. The molecular weight excluding hydrogens is 336 g/mol. The number of aromatic nitrogens is 1. The van der Waals surface area contributed by atoms with Gasteiger partial charge in [0.2, 0.25) is 15.9 Å². The number of nitrogens with zero attached hydrogens (tertiary/aromatic N) is 1. The summed E-state index contributed by atoms with van der Waals surface area (Å²) in [4.78, 5) is 15.3. The molecule has 7 nitrogen and oxygen atoms in total. The van der Waals surface area contributed by atoms with Crippen LogP contribution >= 0.6 is 15.9 Å². The van der Waals surface area contributed by atoms with E-state index in [1.807, 2.05) is 0 Å². The van der Waals surface area contributed by atoms with Crippen LogP contribution in [0, 0.1) is 0 Å². The Hall–Kier alpha value is -1.19. The lowest BCUT2D eigenvalue weighted by atomic mass is 10.3. The maximum atomic E-state index is 12.2. The molecule has 3 N–H and O–H groups in total. The highest BCUT2D eigenvalue weighted by Gasteiger charge is 2.24. The number of hydrogen-bond acceptors (Lipinski definition) is 5. The van der Waals surface area contributed by atoms with Gasteiger partial charge in [-0.15, -0.1) is 0 Å². The average Bonchev–Trinajstić information content (AvgIpc) is 2.37. The predicted molar refractivity (Wildman–Crippen MR) is 75.3 cm³/mol. The van der Waals surface area contributed by atoms with Crippen molar-refractivity contribution in [3.8, 4) is 0 Å². The number of hydrogen-bond donors (Lipinski definition) is 3. The topological polar surface area (TPSA) is 100 Å². The zero-order chi connectivity index (χ0) is 14.6. The van der Waals surface area contributed by atoms with E-state index in [1.165, 1.54) is 26.2 Å². The number of likely N-dealkylation sites (N-methyl/N-ethyl adjacent to an activating group) is 1. The molecule has 1 aromatic heterocycles. The molecule has 0 spiro atoms. The quantitative estimate of drug-likeness (QED) is 0.709. The summed E-state index contributed by atoms with van der Waals surface area (Å²) in [6, 6.07) is 0.538. The van der Waals surface area contributed by atoms with E-state index in [0.29, 0.717) is 4.47 Å². The number of halogens is 1. The number of anilines is 1. The Morgan fingerprint density at radius 3 is 2.58 bits per heavy atom. The molecule has 0 bridgehead atoms. The Morgan fingerprint density at radius 1 is 1.42 bits per heavy atom. The van der Waals surface area contributed by atoms with E-state index in [2.05, 4.69) is 36.3 Å². The van der Waals surface area contributed by atoms with Gasteiger partial charge in [-0.2, -0.15) is 4.72 Å². The Bertz CT molecular complexity index is 576. The fourth-order valence-electron chi connectivity index (χ4n) is 1.38. The first kappa shape index (κ1) is 15.9. The first-order valence-electron chi connectivity index (χ1n) is 5.39. The Balaban J connectivity index is 3.13. The zero-order valence-electron chi connectivity index (χ0n) is 10.7. The normalized spacial score (nSPS) is 12.8. The number of carbonyl (C=O) groups is 1. The second kappa shape index (κ2) is 6.31. The Labute approximate surface area is 120 Å². The first-order valence-corrected chi connectivity index (χ1v) is 7.66. The van der Waals surface area contributed by atoms with Crippen LogP contribution < -0.4 is 15.4 Å². The number of nitrogens with one attached hydrogen (secondary N) is 3. The van der Waals surface area contributed by atoms with E-state index in [-0.39, 0.29) is 10.7 Å². The van der Waals surface area contributed by atoms with Crippen molar-refractivity contribution in [1.29, 1.82) is 0 Å². The molecule has 0 aliphatic heterocycles. The molecule has 106 valence electrons. The number of rotatable bonds is 5. The van der Waals surface area contributed by atoms with Crippen molar-refractivity contribution in [1.82, 2.24) is 15.0 Å². The average molecular weight is 351 g/mol. The molecule has 0 aromatic carbocycles. The Kier molecular flexibility index (Phi) is 5.27. The summed E-state index contributed by atoms with van der Waals surface area (Å²) in [6.07, 6.45) is 1.48. The van der Waals surface area contributed by atoms with Gasteiger partial charge in [0.1, 0.15) is 10.7 Å². The second-order valence-corrected chi connectivity index (χ2v) is 6.31. The smallest absolute Gasteiger partial charge is 0.244 e. The molecule has 1 unspecified atom stereocenters. The van der Waals surface area contributed by atoms with Crippen LogP contribution in [-0.4, -0.2) is 39.4 Å². The Morgan fingerprint density at radius 2 is 2.05 bits per heavy atom. The van der Waals surface area contributed by atoms with Crippen LogP contribution in [0.5, 0.6) is 0 Å². The summed E-state index contributed by atoms with van der Waals surface area (Å²) in [7, 11) is -0.841. The van der Waals surface area contributed by atoms with Gasteiger partial charge < -0.3 is 10.6 Å². The van der Waals surface area contributed by atoms with Gasteiger partial charge in [-0.3, -0.25) is 4.79 Å². The number of pyridine rings is 1. The van der Waals surface area contributed by atoms with E-state index in [9.17, 15) is 13.2 Å². The predicted octanol–water partition coefficient (Wildman–Crippen LogP) is 0.299. The maximum Gasteiger partial charge on any atom is 0.244 e. The molecule has 1 aromatic rings. The van der Waals surface area contributed by atoms with Gasteiger partial charge in [-0.05, 0) is 28.9 Å². The molecule has 0 fully saturated rings. The summed E-state index contributed by atoms with van der Waals surface area (Å²) < 4.78 is 27.2.